The number of hydrogen-bond donors (Lipinski definition) is 2. The van der Waals surface area contributed by atoms with E-state index in [1.54, 1.807) is 0 Å². The van der Waals surface area contributed by atoms with Crippen LogP contribution in [0.3, 0.4) is 0 Å². The van der Waals surface area contributed by atoms with E-state index in [1.165, 1.54) is 6.07 Å². The molecule has 29 heavy (non-hydrogen) atoms. The number of amides is 1. The molecule has 0 aromatic heterocycles. The lowest BCUT2D eigenvalue weighted by molar-refractivity contribution is -0.117. The number of anilines is 1. The van der Waals surface area contributed by atoms with E-state index in [0.717, 1.165) is 50.0 Å². The van der Waals surface area contributed by atoms with Gasteiger partial charge in [0.25, 0.3) is 0 Å². The molecule has 0 aliphatic carbocycles. The van der Waals surface area contributed by atoms with Crippen LogP contribution in [0.25, 0.3) is 0 Å². The quantitative estimate of drug-likeness (QED) is 0.719. The summed E-state index contributed by atoms with van der Waals surface area (Å²) in [6, 6.07) is 13.7. The second-order valence-corrected chi connectivity index (χ2v) is 7.96. The molecule has 2 aromatic rings. The van der Waals surface area contributed by atoms with Crippen LogP contribution >= 0.6 is 0 Å². The van der Waals surface area contributed by atoms with Crippen molar-refractivity contribution in [3.05, 3.63) is 65.7 Å². The fraction of sp³-hybridized carbons (Fsp3) is 0.435. The van der Waals surface area contributed by atoms with Gasteiger partial charge in [0.05, 0.1) is 5.69 Å². The zero-order chi connectivity index (χ0) is 20.8. The van der Waals surface area contributed by atoms with Gasteiger partial charge in [0.15, 0.2) is 0 Å². The summed E-state index contributed by atoms with van der Waals surface area (Å²) in [6.45, 7) is 4.05. The number of carbonyl (C=O) groups excluding carboxylic acids is 1. The topological polar surface area (TPSA) is 58.4 Å². The van der Waals surface area contributed by atoms with Gasteiger partial charge in [-0.25, -0.2) is 8.78 Å². The fourth-order valence-corrected chi connectivity index (χ4v) is 4.00. The number of nitrogens with one attached hydrogen (secondary N) is 1. The Morgan fingerprint density at radius 2 is 1.86 bits per heavy atom. The molecule has 1 saturated heterocycles. The first-order valence-electron chi connectivity index (χ1n) is 10.2. The molecule has 4 nitrogen and oxygen atoms in total. The van der Waals surface area contributed by atoms with Gasteiger partial charge >= 0.3 is 0 Å². The van der Waals surface area contributed by atoms with Crippen molar-refractivity contribution in [3.8, 4) is 0 Å². The molecule has 1 heterocycles. The van der Waals surface area contributed by atoms with E-state index in [9.17, 15) is 13.6 Å². The molecule has 1 aliphatic rings. The maximum Gasteiger partial charge on any atom is 0.224 e. The van der Waals surface area contributed by atoms with Crippen molar-refractivity contribution in [1.82, 2.24) is 4.90 Å². The fourth-order valence-electron chi connectivity index (χ4n) is 4.00. The number of halogens is 2. The van der Waals surface area contributed by atoms with Gasteiger partial charge in [-0.2, -0.15) is 0 Å². The SMILES string of the molecule is C[C@@H](C[C@H](N)c1ccccc1)N1CCC(CC(=O)Nc2ccc(F)cc2F)CC1. The third-order valence-corrected chi connectivity index (χ3v) is 5.77. The number of rotatable bonds is 7. The maximum absolute atomic E-state index is 13.7. The highest BCUT2D eigenvalue weighted by Gasteiger charge is 2.25. The molecule has 0 spiro atoms. The van der Waals surface area contributed by atoms with Crippen molar-refractivity contribution in [2.24, 2.45) is 11.7 Å². The molecule has 3 rings (SSSR count). The van der Waals surface area contributed by atoms with Crippen LogP contribution in [-0.4, -0.2) is 29.9 Å². The lowest BCUT2D eigenvalue weighted by atomic mass is 9.91. The number of likely N-dealkylation sites (tertiary alicyclic amines) is 1. The number of hydrogen-bond acceptors (Lipinski definition) is 3. The van der Waals surface area contributed by atoms with Gasteiger partial charge in [0.1, 0.15) is 11.6 Å². The van der Waals surface area contributed by atoms with E-state index in [0.29, 0.717) is 12.5 Å². The first kappa shape index (κ1) is 21.4. The number of nitrogens with two attached hydrogens (primary N) is 1. The molecular weight excluding hydrogens is 372 g/mol. The highest BCUT2D eigenvalue weighted by atomic mass is 19.1. The summed E-state index contributed by atoms with van der Waals surface area (Å²) in [5.74, 6) is -1.37. The Kier molecular flexibility index (Phi) is 7.34. The lowest BCUT2D eigenvalue weighted by Crippen LogP contribution is -2.41. The van der Waals surface area contributed by atoms with Crippen LogP contribution in [-0.2, 0) is 4.79 Å². The van der Waals surface area contributed by atoms with Crippen LogP contribution in [0.1, 0.15) is 44.2 Å². The minimum absolute atomic E-state index is 0.0142. The van der Waals surface area contributed by atoms with E-state index in [2.05, 4.69) is 29.3 Å². The first-order valence-corrected chi connectivity index (χ1v) is 10.2. The summed E-state index contributed by atoms with van der Waals surface area (Å²) in [6.07, 6.45) is 3.08. The number of piperidine rings is 1. The summed E-state index contributed by atoms with van der Waals surface area (Å²) in [7, 11) is 0. The first-order chi connectivity index (χ1) is 13.9. The van der Waals surface area contributed by atoms with Gasteiger partial charge in [0.2, 0.25) is 5.91 Å². The van der Waals surface area contributed by atoms with Crippen molar-refractivity contribution in [2.45, 2.75) is 44.7 Å². The Balaban J connectivity index is 1.43. The van der Waals surface area contributed by atoms with Crippen LogP contribution in [0.15, 0.2) is 48.5 Å². The van der Waals surface area contributed by atoms with Crippen LogP contribution in [0.2, 0.25) is 0 Å². The molecule has 2 aromatic carbocycles. The largest absolute Gasteiger partial charge is 0.324 e. The average molecular weight is 402 g/mol. The van der Waals surface area contributed by atoms with Gasteiger partial charge in [-0.1, -0.05) is 30.3 Å². The molecule has 1 fully saturated rings. The van der Waals surface area contributed by atoms with Crippen LogP contribution in [0.5, 0.6) is 0 Å². The minimum atomic E-state index is -0.753. The number of nitrogens with zero attached hydrogens (tertiary/aromatic N) is 1. The second-order valence-electron chi connectivity index (χ2n) is 7.96. The standard InChI is InChI=1S/C23H29F2N3O/c1-16(13-21(26)18-5-3-2-4-6-18)28-11-9-17(10-12-28)14-23(29)27-22-8-7-19(24)15-20(22)25/h2-8,15-17,21H,9-14,26H2,1H3,(H,27,29)/t16-,21-/m0/s1. The number of benzene rings is 2. The molecule has 1 amide bonds. The van der Waals surface area contributed by atoms with Gasteiger partial charge in [-0.3, -0.25) is 4.79 Å². The average Bonchev–Trinajstić information content (AvgIpc) is 2.71. The van der Waals surface area contributed by atoms with E-state index in [1.807, 2.05) is 18.2 Å². The predicted molar refractivity (Wildman–Crippen MR) is 111 cm³/mol. The molecule has 3 N–H and O–H groups in total. The zero-order valence-electron chi connectivity index (χ0n) is 16.8. The Labute approximate surface area is 171 Å². The minimum Gasteiger partial charge on any atom is -0.324 e. The normalized spacial score (nSPS) is 17.7. The van der Waals surface area contributed by atoms with Crippen molar-refractivity contribution >= 4 is 11.6 Å². The van der Waals surface area contributed by atoms with E-state index < -0.39 is 11.6 Å². The summed E-state index contributed by atoms with van der Waals surface area (Å²) in [4.78, 5) is 14.7. The Morgan fingerprint density at radius 1 is 1.17 bits per heavy atom. The summed E-state index contributed by atoms with van der Waals surface area (Å²) in [5, 5.41) is 2.55. The van der Waals surface area contributed by atoms with Gasteiger partial charge in [-0.05, 0) is 62.9 Å². The van der Waals surface area contributed by atoms with Crippen LogP contribution in [0.4, 0.5) is 14.5 Å². The third kappa shape index (κ3) is 6.08. The highest BCUT2D eigenvalue weighted by Crippen LogP contribution is 2.26. The Bertz CT molecular complexity index is 807. The van der Waals surface area contributed by atoms with E-state index in [-0.39, 0.29) is 23.6 Å². The third-order valence-electron chi connectivity index (χ3n) is 5.77. The van der Waals surface area contributed by atoms with E-state index >= 15 is 0 Å². The highest BCUT2D eigenvalue weighted by molar-refractivity contribution is 5.90. The van der Waals surface area contributed by atoms with Gasteiger partial charge < -0.3 is 16.0 Å². The Hall–Kier alpha value is -2.31. The summed E-state index contributed by atoms with van der Waals surface area (Å²) < 4.78 is 26.7. The molecule has 0 saturated carbocycles. The maximum atomic E-state index is 13.7. The van der Waals surface area contributed by atoms with Crippen molar-refractivity contribution < 1.29 is 13.6 Å². The smallest absolute Gasteiger partial charge is 0.224 e. The molecule has 0 bridgehead atoms. The summed E-state index contributed by atoms with van der Waals surface area (Å²) >= 11 is 0. The second kappa shape index (κ2) is 9.94. The molecule has 0 unspecified atom stereocenters. The Morgan fingerprint density at radius 3 is 2.52 bits per heavy atom. The van der Waals surface area contributed by atoms with Crippen molar-refractivity contribution in [2.75, 3.05) is 18.4 Å². The molecular formula is C23H29F2N3O. The summed E-state index contributed by atoms with van der Waals surface area (Å²) in [5.41, 5.74) is 7.53. The number of carbonyl (C=O) groups is 1. The monoisotopic (exact) mass is 401 g/mol. The van der Waals surface area contributed by atoms with Gasteiger partial charge in [0, 0.05) is 24.6 Å². The van der Waals surface area contributed by atoms with Crippen LogP contribution in [0, 0.1) is 17.6 Å². The molecule has 156 valence electrons. The van der Waals surface area contributed by atoms with E-state index in [4.69, 9.17) is 5.73 Å². The van der Waals surface area contributed by atoms with Crippen LogP contribution < -0.4 is 11.1 Å². The van der Waals surface area contributed by atoms with Gasteiger partial charge in [-0.15, -0.1) is 0 Å². The molecule has 1 aliphatic heterocycles. The molecule has 0 radical (unpaired) electrons. The molecule has 6 heteroatoms. The van der Waals surface area contributed by atoms with Crippen molar-refractivity contribution in [3.63, 3.8) is 0 Å². The molecule has 2 atom stereocenters. The predicted octanol–water partition coefficient (Wildman–Crippen LogP) is 4.48. The lowest BCUT2D eigenvalue weighted by Gasteiger charge is -2.37. The van der Waals surface area contributed by atoms with Crippen molar-refractivity contribution in [1.29, 1.82) is 0 Å². The zero-order valence-corrected chi connectivity index (χ0v) is 16.8.